The van der Waals surface area contributed by atoms with Gasteiger partial charge in [-0.1, -0.05) is 60.7 Å². The van der Waals surface area contributed by atoms with Crippen LogP contribution in [0, 0.1) is 0 Å². The minimum Gasteiger partial charge on any atom is -0.489 e. The highest BCUT2D eigenvalue weighted by atomic mass is 16.7. The highest BCUT2D eigenvalue weighted by molar-refractivity contribution is 5.99. The molecule has 0 aliphatic rings. The molecule has 5 nitrogen and oxygen atoms in total. The Morgan fingerprint density at radius 1 is 0.793 bits per heavy atom. The molecule has 0 aromatic heterocycles. The molecule has 0 fully saturated rings. The number of hydrogen-bond acceptors (Lipinski definition) is 5. The van der Waals surface area contributed by atoms with Crippen molar-refractivity contribution in [3.63, 3.8) is 0 Å². The Balaban J connectivity index is 1.63. The fraction of sp³-hybridized carbons (Fsp3) is 0.208. The van der Waals surface area contributed by atoms with Crippen LogP contribution in [0.3, 0.4) is 0 Å². The quantitative estimate of drug-likeness (QED) is 0.351. The molecule has 0 unspecified atom stereocenters. The second-order valence-electron chi connectivity index (χ2n) is 6.38. The molecule has 0 heterocycles. The van der Waals surface area contributed by atoms with Crippen LogP contribution in [-0.4, -0.2) is 26.3 Å². The summed E-state index contributed by atoms with van der Waals surface area (Å²) in [6.07, 6.45) is 0. The van der Waals surface area contributed by atoms with E-state index in [4.69, 9.17) is 18.9 Å². The van der Waals surface area contributed by atoms with Gasteiger partial charge in [0, 0.05) is 13.2 Å². The van der Waals surface area contributed by atoms with Gasteiger partial charge >= 0.3 is 0 Å². The second-order valence-corrected chi connectivity index (χ2v) is 6.38. The average Bonchev–Trinajstić information content (AvgIpc) is 2.77. The number of benzene rings is 3. The molecular weight excluding hydrogens is 368 g/mol. The van der Waals surface area contributed by atoms with Crippen LogP contribution in [0.1, 0.15) is 21.5 Å². The van der Waals surface area contributed by atoms with Crippen molar-refractivity contribution in [1.82, 2.24) is 0 Å². The lowest BCUT2D eigenvalue weighted by Gasteiger charge is -2.13. The standard InChI is InChI=1S/C24H24O5/c1-26-18-29-24-14-21(28-16-20-10-6-3-7-11-20)12-13-22(24)23(25)17-27-15-19-8-4-2-5-9-19/h2-14H,15-18H2,1H3. The van der Waals surface area contributed by atoms with E-state index in [0.29, 0.717) is 30.3 Å². The molecular formula is C24H24O5. The number of ether oxygens (including phenoxy) is 4. The monoisotopic (exact) mass is 392 g/mol. The third-order valence-corrected chi connectivity index (χ3v) is 4.18. The summed E-state index contributed by atoms with van der Waals surface area (Å²) in [7, 11) is 1.53. The molecule has 0 aliphatic heterocycles. The summed E-state index contributed by atoms with van der Waals surface area (Å²) in [5.41, 5.74) is 2.50. The third-order valence-electron chi connectivity index (χ3n) is 4.18. The highest BCUT2D eigenvalue weighted by Gasteiger charge is 2.15. The Kier molecular flexibility index (Phi) is 7.81. The van der Waals surface area contributed by atoms with E-state index in [1.165, 1.54) is 7.11 Å². The highest BCUT2D eigenvalue weighted by Crippen LogP contribution is 2.26. The fourth-order valence-electron chi connectivity index (χ4n) is 2.72. The van der Waals surface area contributed by atoms with Crippen LogP contribution in [0.2, 0.25) is 0 Å². The van der Waals surface area contributed by atoms with Gasteiger partial charge in [0.15, 0.2) is 12.6 Å². The van der Waals surface area contributed by atoms with Crippen LogP contribution in [-0.2, 0) is 22.7 Å². The average molecular weight is 392 g/mol. The molecule has 150 valence electrons. The molecule has 0 aliphatic carbocycles. The molecule has 3 aromatic rings. The van der Waals surface area contributed by atoms with Crippen molar-refractivity contribution in [1.29, 1.82) is 0 Å². The second kappa shape index (κ2) is 11.0. The Morgan fingerprint density at radius 3 is 2.10 bits per heavy atom. The minimum absolute atomic E-state index is 0.0350. The molecule has 3 rings (SSSR count). The van der Waals surface area contributed by atoms with Crippen LogP contribution in [0.15, 0.2) is 78.9 Å². The summed E-state index contributed by atoms with van der Waals surface area (Å²) in [6.45, 7) is 0.799. The van der Waals surface area contributed by atoms with Crippen LogP contribution in [0.4, 0.5) is 0 Å². The summed E-state index contributed by atoms with van der Waals surface area (Å²) in [5, 5.41) is 0. The predicted molar refractivity (Wildman–Crippen MR) is 110 cm³/mol. The molecule has 0 N–H and O–H groups in total. The number of ketones is 1. The third kappa shape index (κ3) is 6.45. The van der Waals surface area contributed by atoms with E-state index < -0.39 is 0 Å². The fourth-order valence-corrected chi connectivity index (χ4v) is 2.72. The first kappa shape index (κ1) is 20.6. The zero-order chi connectivity index (χ0) is 20.3. The molecule has 0 atom stereocenters. The van der Waals surface area contributed by atoms with E-state index in [0.717, 1.165) is 11.1 Å². The van der Waals surface area contributed by atoms with Gasteiger partial charge < -0.3 is 18.9 Å². The lowest BCUT2D eigenvalue weighted by atomic mass is 10.1. The summed E-state index contributed by atoms with van der Waals surface area (Å²) >= 11 is 0. The van der Waals surface area contributed by atoms with E-state index in [9.17, 15) is 4.79 Å². The Bertz CT molecular complexity index is 894. The SMILES string of the molecule is COCOc1cc(OCc2ccccc2)ccc1C(=O)COCc1ccccc1. The van der Waals surface area contributed by atoms with Gasteiger partial charge in [-0.05, 0) is 23.3 Å². The van der Waals surface area contributed by atoms with E-state index in [-0.39, 0.29) is 19.2 Å². The zero-order valence-corrected chi connectivity index (χ0v) is 16.4. The number of carbonyl (C=O) groups is 1. The van der Waals surface area contributed by atoms with Gasteiger partial charge in [-0.15, -0.1) is 0 Å². The molecule has 5 heteroatoms. The maximum absolute atomic E-state index is 12.6. The van der Waals surface area contributed by atoms with Gasteiger partial charge in [0.1, 0.15) is 24.7 Å². The molecule has 3 aromatic carbocycles. The van der Waals surface area contributed by atoms with E-state index in [2.05, 4.69) is 0 Å². The van der Waals surface area contributed by atoms with Crippen LogP contribution >= 0.6 is 0 Å². The van der Waals surface area contributed by atoms with Crippen molar-refractivity contribution >= 4 is 5.78 Å². The molecule has 0 bridgehead atoms. The first-order valence-corrected chi connectivity index (χ1v) is 9.33. The van der Waals surface area contributed by atoms with Crippen molar-refractivity contribution in [2.24, 2.45) is 0 Å². The van der Waals surface area contributed by atoms with Gasteiger partial charge in [0.25, 0.3) is 0 Å². The van der Waals surface area contributed by atoms with Gasteiger partial charge in [-0.2, -0.15) is 0 Å². The number of hydrogen-bond donors (Lipinski definition) is 0. The van der Waals surface area contributed by atoms with Gasteiger partial charge in [0.2, 0.25) is 0 Å². The van der Waals surface area contributed by atoms with Gasteiger partial charge in [0.05, 0.1) is 12.2 Å². The molecule has 0 saturated carbocycles. The van der Waals surface area contributed by atoms with E-state index in [1.807, 2.05) is 60.7 Å². The Morgan fingerprint density at radius 2 is 1.45 bits per heavy atom. The molecule has 0 saturated heterocycles. The first-order chi connectivity index (χ1) is 14.3. The molecule has 0 spiro atoms. The number of carbonyl (C=O) groups excluding carboxylic acids is 1. The van der Waals surface area contributed by atoms with Crippen LogP contribution in [0.5, 0.6) is 11.5 Å². The van der Waals surface area contributed by atoms with E-state index in [1.54, 1.807) is 18.2 Å². The summed E-state index contributed by atoms with van der Waals surface area (Å²) in [4.78, 5) is 12.6. The number of methoxy groups -OCH3 is 1. The molecule has 0 radical (unpaired) electrons. The van der Waals surface area contributed by atoms with Crippen LogP contribution in [0.25, 0.3) is 0 Å². The minimum atomic E-state index is -0.165. The smallest absolute Gasteiger partial charge is 0.192 e. The van der Waals surface area contributed by atoms with Crippen molar-refractivity contribution in [3.8, 4) is 11.5 Å². The van der Waals surface area contributed by atoms with Crippen LogP contribution < -0.4 is 9.47 Å². The van der Waals surface area contributed by atoms with Crippen molar-refractivity contribution < 1.29 is 23.7 Å². The first-order valence-electron chi connectivity index (χ1n) is 9.33. The number of rotatable bonds is 11. The lowest BCUT2D eigenvalue weighted by molar-refractivity contribution is 0.0489. The molecule has 0 amide bonds. The maximum Gasteiger partial charge on any atom is 0.192 e. The van der Waals surface area contributed by atoms with Crippen molar-refractivity contribution in [2.75, 3.05) is 20.5 Å². The zero-order valence-electron chi connectivity index (χ0n) is 16.4. The normalized spacial score (nSPS) is 10.5. The largest absolute Gasteiger partial charge is 0.489 e. The van der Waals surface area contributed by atoms with Crippen molar-refractivity contribution in [3.05, 3.63) is 95.6 Å². The summed E-state index contributed by atoms with van der Waals surface area (Å²) in [6, 6.07) is 24.7. The summed E-state index contributed by atoms with van der Waals surface area (Å²) < 4.78 is 22.0. The maximum atomic E-state index is 12.6. The van der Waals surface area contributed by atoms with Gasteiger partial charge in [-0.25, -0.2) is 0 Å². The topological polar surface area (TPSA) is 54.0 Å². The van der Waals surface area contributed by atoms with E-state index >= 15 is 0 Å². The van der Waals surface area contributed by atoms with Gasteiger partial charge in [-0.3, -0.25) is 4.79 Å². The lowest BCUT2D eigenvalue weighted by Crippen LogP contribution is -2.12. The number of Topliss-reactive ketones (excluding diaryl/α,β-unsaturated/α-hetero) is 1. The molecule has 29 heavy (non-hydrogen) atoms. The Labute approximate surface area is 170 Å². The predicted octanol–water partition coefficient (Wildman–Crippen LogP) is 4.65. The summed E-state index contributed by atoms with van der Waals surface area (Å²) in [5.74, 6) is 0.856. The van der Waals surface area contributed by atoms with Crippen molar-refractivity contribution in [2.45, 2.75) is 13.2 Å². The Hall–Kier alpha value is -3.15.